The smallest absolute Gasteiger partial charge is 0.324 e. The van der Waals surface area contributed by atoms with Crippen molar-refractivity contribution in [2.24, 2.45) is 0 Å². The molecule has 18 heavy (non-hydrogen) atoms. The van der Waals surface area contributed by atoms with Gasteiger partial charge in [-0.3, -0.25) is 25.1 Å². The van der Waals surface area contributed by atoms with Gasteiger partial charge < -0.3 is 5.32 Å². The first-order chi connectivity index (χ1) is 8.54. The number of carbonyl (C=O) groups is 3. The lowest BCUT2D eigenvalue weighted by Crippen LogP contribution is -2.66. The maximum Gasteiger partial charge on any atom is 0.324 e. The molecule has 3 N–H and O–H groups in total. The zero-order valence-electron chi connectivity index (χ0n) is 9.35. The van der Waals surface area contributed by atoms with Crippen molar-refractivity contribution in [3.63, 3.8) is 0 Å². The Morgan fingerprint density at radius 2 is 2.06 bits per heavy atom. The molecule has 0 radical (unpaired) electrons. The molecule has 4 amide bonds. The van der Waals surface area contributed by atoms with E-state index in [9.17, 15) is 14.4 Å². The van der Waals surface area contributed by atoms with Crippen LogP contribution in [0.5, 0.6) is 0 Å². The number of anilines is 2. The van der Waals surface area contributed by atoms with Crippen molar-refractivity contribution < 1.29 is 14.4 Å². The minimum absolute atomic E-state index is 0.405. The van der Waals surface area contributed by atoms with Gasteiger partial charge in [0, 0.05) is 13.2 Å². The molecule has 0 saturated carbocycles. The van der Waals surface area contributed by atoms with Gasteiger partial charge in [0.25, 0.3) is 17.5 Å². The standard InChI is InChI=1S/C10H9N5O3/c1-15-6-5(3-2-4-11-6)13-10(8(15)17)7(16)12-9(18)14-10/h2-4,13H,1H3,(H2,12,14,16,18)/t10-/m0/s1. The molecule has 0 bridgehead atoms. The first kappa shape index (κ1) is 10.5. The third-order valence-corrected chi connectivity index (χ3v) is 2.92. The van der Waals surface area contributed by atoms with Crippen molar-refractivity contribution >= 4 is 29.4 Å². The highest BCUT2D eigenvalue weighted by Gasteiger charge is 2.57. The molecule has 8 nitrogen and oxygen atoms in total. The van der Waals surface area contributed by atoms with Gasteiger partial charge in [-0.2, -0.15) is 0 Å². The Morgan fingerprint density at radius 3 is 2.72 bits per heavy atom. The average Bonchev–Trinajstić information content (AvgIpc) is 2.62. The summed E-state index contributed by atoms with van der Waals surface area (Å²) in [7, 11) is 1.49. The van der Waals surface area contributed by atoms with Crippen LogP contribution in [0.25, 0.3) is 0 Å². The first-order valence-electron chi connectivity index (χ1n) is 5.19. The Labute approximate surface area is 101 Å². The van der Waals surface area contributed by atoms with E-state index < -0.39 is 23.5 Å². The fourth-order valence-corrected chi connectivity index (χ4v) is 2.06. The fourth-order valence-electron chi connectivity index (χ4n) is 2.06. The third kappa shape index (κ3) is 1.14. The molecule has 2 aliphatic heterocycles. The van der Waals surface area contributed by atoms with Gasteiger partial charge in [-0.15, -0.1) is 0 Å². The largest absolute Gasteiger partial charge is 0.344 e. The predicted molar refractivity (Wildman–Crippen MR) is 60.7 cm³/mol. The monoisotopic (exact) mass is 247 g/mol. The minimum Gasteiger partial charge on any atom is -0.344 e. The maximum absolute atomic E-state index is 12.2. The topological polar surface area (TPSA) is 103 Å². The fraction of sp³-hybridized carbons (Fsp3) is 0.200. The number of hydrogen-bond acceptors (Lipinski definition) is 5. The number of aromatic nitrogens is 1. The molecule has 1 fully saturated rings. The van der Waals surface area contributed by atoms with Gasteiger partial charge in [0.05, 0.1) is 5.69 Å². The summed E-state index contributed by atoms with van der Waals surface area (Å²) in [5.41, 5.74) is -1.28. The Balaban J connectivity index is 2.14. The lowest BCUT2D eigenvalue weighted by atomic mass is 10.1. The second kappa shape index (κ2) is 3.19. The van der Waals surface area contributed by atoms with Gasteiger partial charge in [0.2, 0.25) is 0 Å². The summed E-state index contributed by atoms with van der Waals surface area (Å²) in [5.74, 6) is -0.905. The molecule has 1 saturated heterocycles. The van der Waals surface area contributed by atoms with E-state index in [4.69, 9.17) is 0 Å². The summed E-state index contributed by atoms with van der Waals surface area (Å²) < 4.78 is 0. The van der Waals surface area contributed by atoms with Gasteiger partial charge in [0.15, 0.2) is 5.82 Å². The number of hydrogen-bond donors (Lipinski definition) is 3. The maximum atomic E-state index is 12.2. The summed E-state index contributed by atoms with van der Waals surface area (Å²) in [6.07, 6.45) is 1.54. The average molecular weight is 247 g/mol. The molecule has 1 atom stereocenters. The van der Waals surface area contributed by atoms with Crippen LogP contribution in [-0.4, -0.2) is 35.5 Å². The van der Waals surface area contributed by atoms with Gasteiger partial charge in [-0.25, -0.2) is 9.78 Å². The molecule has 1 spiro atoms. The van der Waals surface area contributed by atoms with Crippen molar-refractivity contribution in [1.82, 2.24) is 15.6 Å². The van der Waals surface area contributed by atoms with E-state index in [1.165, 1.54) is 18.1 Å². The number of fused-ring (bicyclic) bond motifs is 1. The first-order valence-corrected chi connectivity index (χ1v) is 5.19. The number of nitrogens with zero attached hydrogens (tertiary/aromatic N) is 2. The minimum atomic E-state index is -1.78. The van der Waals surface area contributed by atoms with E-state index in [-0.39, 0.29) is 0 Å². The van der Waals surface area contributed by atoms with Crippen LogP contribution in [0.4, 0.5) is 16.3 Å². The van der Waals surface area contributed by atoms with Crippen LogP contribution >= 0.6 is 0 Å². The van der Waals surface area contributed by atoms with E-state index in [0.717, 1.165) is 0 Å². The highest BCUT2D eigenvalue weighted by Crippen LogP contribution is 2.32. The SMILES string of the molecule is CN1C(=O)[C@]2(NC(=O)NC2=O)Nc2cccnc21. The van der Waals surface area contributed by atoms with Crippen molar-refractivity contribution in [3.05, 3.63) is 18.3 Å². The summed E-state index contributed by atoms with van der Waals surface area (Å²) in [6.45, 7) is 0. The van der Waals surface area contributed by atoms with E-state index >= 15 is 0 Å². The molecule has 8 heteroatoms. The number of nitrogens with one attached hydrogen (secondary N) is 3. The second-order valence-corrected chi connectivity index (χ2v) is 4.02. The van der Waals surface area contributed by atoms with Crippen LogP contribution in [0.3, 0.4) is 0 Å². The Kier molecular flexibility index (Phi) is 1.86. The van der Waals surface area contributed by atoms with Crippen LogP contribution in [0, 0.1) is 0 Å². The van der Waals surface area contributed by atoms with E-state index in [1.807, 2.05) is 5.32 Å². The molecular weight excluding hydrogens is 238 g/mol. The number of imide groups is 1. The predicted octanol–water partition coefficient (Wildman–Crippen LogP) is -0.994. The zero-order valence-corrected chi connectivity index (χ0v) is 9.35. The second-order valence-electron chi connectivity index (χ2n) is 4.02. The third-order valence-electron chi connectivity index (χ3n) is 2.92. The van der Waals surface area contributed by atoms with Gasteiger partial charge in [-0.05, 0) is 12.1 Å². The normalized spacial score (nSPS) is 25.6. The summed E-state index contributed by atoms with van der Waals surface area (Å²) in [4.78, 5) is 40.5. The van der Waals surface area contributed by atoms with Gasteiger partial charge in [0.1, 0.15) is 0 Å². The molecule has 0 unspecified atom stereocenters. The Hall–Kier alpha value is -2.64. The summed E-state index contributed by atoms with van der Waals surface area (Å²) in [6, 6.07) is 2.63. The van der Waals surface area contributed by atoms with Crippen LogP contribution in [0.15, 0.2) is 18.3 Å². The molecule has 2 aliphatic rings. The van der Waals surface area contributed by atoms with Gasteiger partial charge >= 0.3 is 6.03 Å². The van der Waals surface area contributed by atoms with Crippen LogP contribution < -0.4 is 20.9 Å². The van der Waals surface area contributed by atoms with Crippen LogP contribution in [0.2, 0.25) is 0 Å². The quantitative estimate of drug-likeness (QED) is 0.403. The highest BCUT2D eigenvalue weighted by molar-refractivity contribution is 6.26. The number of likely N-dealkylation sites (N-methyl/N-ethyl adjacent to an activating group) is 1. The Bertz CT molecular complexity index is 587. The number of rotatable bonds is 0. The molecule has 1 aromatic rings. The number of carbonyl (C=O) groups excluding carboxylic acids is 3. The molecule has 92 valence electrons. The van der Waals surface area contributed by atoms with Crippen molar-refractivity contribution in [1.29, 1.82) is 0 Å². The van der Waals surface area contributed by atoms with Crippen LogP contribution in [-0.2, 0) is 9.59 Å². The molecule has 1 aromatic heterocycles. The van der Waals surface area contributed by atoms with Crippen molar-refractivity contribution in [3.8, 4) is 0 Å². The van der Waals surface area contributed by atoms with Crippen molar-refractivity contribution in [2.45, 2.75) is 5.66 Å². The molecule has 0 aromatic carbocycles. The molecule has 0 aliphatic carbocycles. The molecule has 3 heterocycles. The Morgan fingerprint density at radius 1 is 1.28 bits per heavy atom. The lowest BCUT2D eigenvalue weighted by Gasteiger charge is -2.36. The number of pyridine rings is 1. The van der Waals surface area contributed by atoms with Crippen molar-refractivity contribution in [2.75, 3.05) is 17.3 Å². The summed E-state index contributed by atoms with van der Waals surface area (Å²) >= 11 is 0. The van der Waals surface area contributed by atoms with Gasteiger partial charge in [-0.1, -0.05) is 0 Å². The van der Waals surface area contributed by atoms with E-state index in [1.54, 1.807) is 12.1 Å². The zero-order chi connectivity index (χ0) is 12.9. The molecule has 3 rings (SSSR count). The number of amides is 4. The molecular formula is C10H9N5O3. The van der Waals surface area contributed by atoms with E-state index in [0.29, 0.717) is 11.5 Å². The van der Waals surface area contributed by atoms with E-state index in [2.05, 4.69) is 15.6 Å². The lowest BCUT2D eigenvalue weighted by molar-refractivity contribution is -0.133. The summed E-state index contributed by atoms with van der Waals surface area (Å²) in [5, 5.41) is 7.09. The van der Waals surface area contributed by atoms with Crippen LogP contribution in [0.1, 0.15) is 0 Å². The highest BCUT2D eigenvalue weighted by atomic mass is 16.2. The number of urea groups is 1.